The van der Waals surface area contributed by atoms with E-state index < -0.39 is 0 Å². The lowest BCUT2D eigenvalue weighted by Crippen LogP contribution is -2.47. The molecule has 0 aliphatic carbocycles. The number of halogens is 1. The molecule has 2 saturated heterocycles. The standard InChI is InChI=1S/C20H22ClN7O/c21-15-1-2-16-17(13-15)22-14-20(23-16)27-7-5-26(6-8-27)18-3-4-19(25-24-18)28-9-11-29-12-10-28/h1-4,13-14H,5-12H2. The number of aromatic nitrogens is 4. The van der Waals surface area contributed by atoms with Crippen LogP contribution in [0.3, 0.4) is 0 Å². The summed E-state index contributed by atoms with van der Waals surface area (Å²) < 4.78 is 5.40. The van der Waals surface area contributed by atoms with Crippen LogP contribution in [-0.4, -0.2) is 72.6 Å². The summed E-state index contributed by atoms with van der Waals surface area (Å²) in [5, 5.41) is 9.56. The zero-order valence-electron chi connectivity index (χ0n) is 16.0. The second kappa shape index (κ2) is 7.96. The largest absolute Gasteiger partial charge is 0.378 e. The molecule has 5 rings (SSSR count). The lowest BCUT2D eigenvalue weighted by molar-refractivity contribution is 0.122. The molecule has 0 unspecified atom stereocenters. The first-order valence-corrected chi connectivity index (χ1v) is 10.2. The summed E-state index contributed by atoms with van der Waals surface area (Å²) in [7, 11) is 0. The fourth-order valence-electron chi connectivity index (χ4n) is 3.74. The Balaban J connectivity index is 1.23. The Kier molecular flexibility index (Phi) is 5.03. The van der Waals surface area contributed by atoms with Gasteiger partial charge in [-0.15, -0.1) is 10.2 Å². The maximum Gasteiger partial charge on any atom is 0.151 e. The van der Waals surface area contributed by atoms with Crippen LogP contribution in [0.25, 0.3) is 11.0 Å². The van der Waals surface area contributed by atoms with Crippen molar-refractivity contribution in [1.29, 1.82) is 0 Å². The van der Waals surface area contributed by atoms with Crippen LogP contribution in [0.5, 0.6) is 0 Å². The molecule has 0 N–H and O–H groups in total. The van der Waals surface area contributed by atoms with E-state index in [9.17, 15) is 0 Å². The Hall–Kier alpha value is -2.71. The molecule has 3 aromatic rings. The Morgan fingerprint density at radius 2 is 1.34 bits per heavy atom. The number of morpholine rings is 1. The molecular formula is C20H22ClN7O. The monoisotopic (exact) mass is 411 g/mol. The second-order valence-corrected chi connectivity index (χ2v) is 7.62. The smallest absolute Gasteiger partial charge is 0.151 e. The third kappa shape index (κ3) is 3.90. The van der Waals surface area contributed by atoms with Gasteiger partial charge in [-0.25, -0.2) is 4.98 Å². The van der Waals surface area contributed by atoms with Gasteiger partial charge in [-0.1, -0.05) is 11.6 Å². The molecule has 0 spiro atoms. The van der Waals surface area contributed by atoms with E-state index in [-0.39, 0.29) is 0 Å². The summed E-state index contributed by atoms with van der Waals surface area (Å²) in [6, 6.07) is 9.72. The summed E-state index contributed by atoms with van der Waals surface area (Å²) in [5.74, 6) is 2.73. The number of piperazine rings is 1. The molecule has 150 valence electrons. The minimum absolute atomic E-state index is 0.675. The molecule has 0 amide bonds. The Morgan fingerprint density at radius 1 is 0.724 bits per heavy atom. The van der Waals surface area contributed by atoms with Crippen LogP contribution in [0, 0.1) is 0 Å². The van der Waals surface area contributed by atoms with Gasteiger partial charge in [-0.3, -0.25) is 4.98 Å². The zero-order chi connectivity index (χ0) is 19.6. The highest BCUT2D eigenvalue weighted by Gasteiger charge is 2.21. The highest BCUT2D eigenvalue weighted by Crippen LogP contribution is 2.22. The van der Waals surface area contributed by atoms with E-state index in [1.807, 2.05) is 24.4 Å². The summed E-state index contributed by atoms with van der Waals surface area (Å²) >= 11 is 6.03. The highest BCUT2D eigenvalue weighted by molar-refractivity contribution is 6.31. The number of rotatable bonds is 3. The van der Waals surface area contributed by atoms with Gasteiger partial charge < -0.3 is 19.4 Å². The number of hydrogen-bond donors (Lipinski definition) is 0. The molecule has 2 fully saturated rings. The highest BCUT2D eigenvalue weighted by atomic mass is 35.5. The third-order valence-corrected chi connectivity index (χ3v) is 5.63. The van der Waals surface area contributed by atoms with Crippen molar-refractivity contribution in [1.82, 2.24) is 20.2 Å². The summed E-state index contributed by atoms with van der Waals surface area (Å²) in [6.07, 6.45) is 1.82. The fourth-order valence-corrected chi connectivity index (χ4v) is 3.91. The lowest BCUT2D eigenvalue weighted by atomic mass is 10.3. The normalized spacial score (nSPS) is 17.8. The summed E-state index contributed by atoms with van der Waals surface area (Å²) in [4.78, 5) is 16.0. The van der Waals surface area contributed by atoms with Crippen molar-refractivity contribution in [2.24, 2.45) is 0 Å². The maximum absolute atomic E-state index is 6.03. The Morgan fingerprint density at radius 3 is 2.00 bits per heavy atom. The molecule has 29 heavy (non-hydrogen) atoms. The molecule has 2 aliphatic rings. The minimum Gasteiger partial charge on any atom is -0.378 e. The van der Waals surface area contributed by atoms with E-state index in [2.05, 4.69) is 42.0 Å². The first-order chi connectivity index (χ1) is 14.3. The summed E-state index contributed by atoms with van der Waals surface area (Å²) in [5.41, 5.74) is 1.68. The molecular weight excluding hydrogens is 390 g/mol. The summed E-state index contributed by atoms with van der Waals surface area (Å²) in [6.45, 7) is 6.68. The van der Waals surface area contributed by atoms with Gasteiger partial charge in [0.2, 0.25) is 0 Å². The van der Waals surface area contributed by atoms with Gasteiger partial charge in [0.05, 0.1) is 30.4 Å². The van der Waals surface area contributed by atoms with E-state index in [0.29, 0.717) is 5.02 Å². The SMILES string of the molecule is Clc1ccc2nc(N3CCN(c4ccc(N5CCOCC5)nn4)CC3)cnc2c1. The van der Waals surface area contributed by atoms with E-state index >= 15 is 0 Å². The third-order valence-electron chi connectivity index (χ3n) is 5.39. The molecule has 0 saturated carbocycles. The molecule has 8 nitrogen and oxygen atoms in total. The molecule has 4 heterocycles. The maximum atomic E-state index is 6.03. The van der Waals surface area contributed by atoms with Crippen LogP contribution in [-0.2, 0) is 4.74 Å². The van der Waals surface area contributed by atoms with Crippen molar-refractivity contribution in [3.63, 3.8) is 0 Å². The van der Waals surface area contributed by atoms with Gasteiger partial charge in [0, 0.05) is 44.3 Å². The average Bonchev–Trinajstić information content (AvgIpc) is 2.79. The van der Waals surface area contributed by atoms with Gasteiger partial charge in [0.25, 0.3) is 0 Å². The van der Waals surface area contributed by atoms with Crippen molar-refractivity contribution in [2.45, 2.75) is 0 Å². The zero-order valence-corrected chi connectivity index (χ0v) is 16.8. The van der Waals surface area contributed by atoms with Crippen molar-refractivity contribution in [2.75, 3.05) is 67.2 Å². The fraction of sp³-hybridized carbons (Fsp3) is 0.400. The lowest BCUT2D eigenvalue weighted by Gasteiger charge is -2.36. The van der Waals surface area contributed by atoms with Crippen LogP contribution in [0.1, 0.15) is 0 Å². The van der Waals surface area contributed by atoms with Crippen molar-refractivity contribution in [3.05, 3.63) is 41.6 Å². The van der Waals surface area contributed by atoms with Gasteiger partial charge in [-0.05, 0) is 30.3 Å². The predicted octanol–water partition coefficient (Wildman–Crippen LogP) is 2.24. The molecule has 2 aliphatic heterocycles. The average molecular weight is 412 g/mol. The number of ether oxygens (including phenoxy) is 1. The van der Waals surface area contributed by atoms with E-state index in [1.165, 1.54) is 0 Å². The van der Waals surface area contributed by atoms with Crippen LogP contribution in [0.4, 0.5) is 17.5 Å². The van der Waals surface area contributed by atoms with Crippen molar-refractivity contribution in [3.8, 4) is 0 Å². The minimum atomic E-state index is 0.675. The van der Waals surface area contributed by atoms with Gasteiger partial charge >= 0.3 is 0 Å². The van der Waals surface area contributed by atoms with E-state index in [4.69, 9.17) is 21.3 Å². The quantitative estimate of drug-likeness (QED) is 0.649. The van der Waals surface area contributed by atoms with Crippen LogP contribution < -0.4 is 14.7 Å². The number of anilines is 3. The van der Waals surface area contributed by atoms with Crippen LogP contribution in [0.2, 0.25) is 5.02 Å². The van der Waals surface area contributed by atoms with Crippen molar-refractivity contribution < 1.29 is 4.74 Å². The van der Waals surface area contributed by atoms with Gasteiger partial charge in [0.15, 0.2) is 11.6 Å². The number of hydrogen-bond acceptors (Lipinski definition) is 8. The second-order valence-electron chi connectivity index (χ2n) is 7.18. The molecule has 2 aromatic heterocycles. The first-order valence-electron chi connectivity index (χ1n) is 9.85. The van der Waals surface area contributed by atoms with E-state index in [1.54, 1.807) is 0 Å². The van der Waals surface area contributed by atoms with Crippen LogP contribution >= 0.6 is 11.6 Å². The van der Waals surface area contributed by atoms with Crippen molar-refractivity contribution >= 4 is 40.1 Å². The van der Waals surface area contributed by atoms with E-state index in [0.717, 1.165) is 81.0 Å². The van der Waals surface area contributed by atoms with Crippen LogP contribution in [0.15, 0.2) is 36.5 Å². The molecule has 0 radical (unpaired) electrons. The Bertz CT molecular complexity index is 986. The number of nitrogens with zero attached hydrogens (tertiary/aromatic N) is 7. The first kappa shape index (κ1) is 18.3. The number of benzene rings is 1. The molecule has 1 aromatic carbocycles. The molecule has 9 heteroatoms. The Labute approximate surface area is 174 Å². The number of fused-ring (bicyclic) bond motifs is 1. The predicted molar refractivity (Wildman–Crippen MR) is 114 cm³/mol. The molecule has 0 bridgehead atoms. The van der Waals surface area contributed by atoms with Gasteiger partial charge in [0.1, 0.15) is 5.82 Å². The molecule has 0 atom stereocenters. The topological polar surface area (TPSA) is 70.5 Å². The van der Waals surface area contributed by atoms with Gasteiger partial charge in [-0.2, -0.15) is 0 Å².